The summed E-state index contributed by atoms with van der Waals surface area (Å²) in [4.78, 5) is 16.0. The molecule has 0 radical (unpaired) electrons. The molecule has 1 saturated carbocycles. The standard InChI is InChI=1S/C14H24N4O/c1-11(2)17-14(13(15)19)6-3-4-12(14)5-8-18-9-7-16-10-18/h7,9-12,17H,3-6,8H2,1-2H3,(H2,15,19). The molecule has 106 valence electrons. The van der Waals surface area contributed by atoms with Crippen LogP contribution in [0.2, 0.25) is 0 Å². The van der Waals surface area contributed by atoms with Gasteiger partial charge in [0.1, 0.15) is 5.54 Å². The van der Waals surface area contributed by atoms with E-state index in [1.165, 1.54) is 0 Å². The van der Waals surface area contributed by atoms with Gasteiger partial charge in [0.2, 0.25) is 5.91 Å². The van der Waals surface area contributed by atoms with Crippen LogP contribution in [0.4, 0.5) is 0 Å². The smallest absolute Gasteiger partial charge is 0.238 e. The Bertz CT molecular complexity index is 415. The van der Waals surface area contributed by atoms with E-state index in [0.29, 0.717) is 5.92 Å². The molecule has 3 N–H and O–H groups in total. The number of carbonyl (C=O) groups is 1. The van der Waals surface area contributed by atoms with Gasteiger partial charge in [0, 0.05) is 25.0 Å². The van der Waals surface area contributed by atoms with E-state index >= 15 is 0 Å². The molecule has 2 rings (SSSR count). The molecule has 1 heterocycles. The molecular weight excluding hydrogens is 240 g/mol. The Morgan fingerprint density at radius 2 is 2.42 bits per heavy atom. The Morgan fingerprint density at radius 1 is 1.63 bits per heavy atom. The first-order valence-electron chi connectivity index (χ1n) is 7.08. The van der Waals surface area contributed by atoms with E-state index in [9.17, 15) is 4.79 Å². The van der Waals surface area contributed by atoms with Gasteiger partial charge in [-0.25, -0.2) is 4.98 Å². The highest BCUT2D eigenvalue weighted by Crippen LogP contribution is 2.38. The first-order chi connectivity index (χ1) is 9.04. The first-order valence-corrected chi connectivity index (χ1v) is 7.08. The Labute approximate surface area is 114 Å². The van der Waals surface area contributed by atoms with Gasteiger partial charge in [-0.1, -0.05) is 6.42 Å². The molecule has 0 aromatic carbocycles. The van der Waals surface area contributed by atoms with Gasteiger partial charge in [-0.05, 0) is 39.0 Å². The molecule has 1 amide bonds. The fourth-order valence-electron chi connectivity index (χ4n) is 3.29. The van der Waals surface area contributed by atoms with E-state index in [1.54, 1.807) is 6.20 Å². The van der Waals surface area contributed by atoms with Crippen LogP contribution in [0.15, 0.2) is 18.7 Å². The molecule has 0 saturated heterocycles. The van der Waals surface area contributed by atoms with Crippen LogP contribution in [-0.2, 0) is 11.3 Å². The minimum Gasteiger partial charge on any atom is -0.368 e. The summed E-state index contributed by atoms with van der Waals surface area (Å²) in [5, 5.41) is 3.44. The van der Waals surface area contributed by atoms with E-state index < -0.39 is 5.54 Å². The molecule has 5 nitrogen and oxygen atoms in total. The van der Waals surface area contributed by atoms with Crippen molar-refractivity contribution in [2.45, 2.75) is 57.7 Å². The third-order valence-corrected chi connectivity index (χ3v) is 4.10. The van der Waals surface area contributed by atoms with Crippen molar-refractivity contribution in [1.29, 1.82) is 0 Å². The van der Waals surface area contributed by atoms with E-state index in [2.05, 4.69) is 28.7 Å². The summed E-state index contributed by atoms with van der Waals surface area (Å²) in [6, 6.07) is 0.265. The Hall–Kier alpha value is -1.36. The van der Waals surface area contributed by atoms with Crippen molar-refractivity contribution < 1.29 is 4.79 Å². The van der Waals surface area contributed by atoms with Gasteiger partial charge in [-0.3, -0.25) is 4.79 Å². The summed E-state index contributed by atoms with van der Waals surface area (Å²) < 4.78 is 2.06. The number of nitrogens with two attached hydrogens (primary N) is 1. The molecule has 19 heavy (non-hydrogen) atoms. The van der Waals surface area contributed by atoms with Gasteiger partial charge in [0.05, 0.1) is 6.33 Å². The summed E-state index contributed by atoms with van der Waals surface area (Å²) in [5.41, 5.74) is 5.18. The van der Waals surface area contributed by atoms with Crippen LogP contribution >= 0.6 is 0 Å². The van der Waals surface area contributed by atoms with E-state index in [0.717, 1.165) is 32.2 Å². The van der Waals surface area contributed by atoms with Crippen LogP contribution < -0.4 is 11.1 Å². The maximum absolute atomic E-state index is 12.0. The fourth-order valence-corrected chi connectivity index (χ4v) is 3.29. The number of amides is 1. The molecule has 0 bridgehead atoms. The van der Waals surface area contributed by atoms with Crippen molar-refractivity contribution in [3.05, 3.63) is 18.7 Å². The molecule has 2 atom stereocenters. The quantitative estimate of drug-likeness (QED) is 0.813. The molecule has 1 aliphatic carbocycles. The largest absolute Gasteiger partial charge is 0.368 e. The number of carbonyl (C=O) groups excluding carboxylic acids is 1. The monoisotopic (exact) mass is 264 g/mol. The summed E-state index contributed by atoms with van der Waals surface area (Å²) in [6.07, 6.45) is 9.50. The van der Waals surface area contributed by atoms with Crippen LogP contribution in [0.25, 0.3) is 0 Å². The molecule has 1 aromatic heterocycles. The number of rotatable bonds is 6. The van der Waals surface area contributed by atoms with Crippen molar-refractivity contribution in [2.75, 3.05) is 0 Å². The zero-order chi connectivity index (χ0) is 13.9. The second kappa shape index (κ2) is 5.74. The molecule has 0 spiro atoms. The van der Waals surface area contributed by atoms with E-state index in [-0.39, 0.29) is 11.9 Å². The van der Waals surface area contributed by atoms with Crippen LogP contribution in [-0.4, -0.2) is 27.0 Å². The average molecular weight is 264 g/mol. The zero-order valence-corrected chi connectivity index (χ0v) is 11.8. The van der Waals surface area contributed by atoms with Gasteiger partial charge < -0.3 is 15.6 Å². The number of imidazole rings is 1. The number of aryl methyl sites for hydroxylation is 1. The van der Waals surface area contributed by atoms with Crippen LogP contribution in [0.5, 0.6) is 0 Å². The number of nitrogens with one attached hydrogen (secondary N) is 1. The lowest BCUT2D eigenvalue weighted by atomic mass is 9.83. The number of hydrogen-bond donors (Lipinski definition) is 2. The molecule has 1 aliphatic rings. The Kier molecular flexibility index (Phi) is 4.24. The lowest BCUT2D eigenvalue weighted by Crippen LogP contribution is -2.60. The summed E-state index contributed by atoms with van der Waals surface area (Å²) in [6.45, 7) is 5.02. The van der Waals surface area contributed by atoms with E-state index in [1.807, 2.05) is 12.5 Å². The second-order valence-corrected chi connectivity index (χ2v) is 5.81. The molecule has 0 aliphatic heterocycles. The topological polar surface area (TPSA) is 72.9 Å². The minimum absolute atomic E-state index is 0.200. The molecule has 5 heteroatoms. The first kappa shape index (κ1) is 14.1. The van der Waals surface area contributed by atoms with Gasteiger partial charge >= 0.3 is 0 Å². The summed E-state index contributed by atoms with van der Waals surface area (Å²) in [7, 11) is 0. The highest BCUT2D eigenvalue weighted by atomic mass is 16.1. The Morgan fingerprint density at radius 3 is 3.00 bits per heavy atom. The van der Waals surface area contributed by atoms with Crippen molar-refractivity contribution in [1.82, 2.24) is 14.9 Å². The maximum Gasteiger partial charge on any atom is 0.238 e. The van der Waals surface area contributed by atoms with Gasteiger partial charge in [0.15, 0.2) is 0 Å². The lowest BCUT2D eigenvalue weighted by Gasteiger charge is -2.35. The van der Waals surface area contributed by atoms with Crippen molar-refractivity contribution >= 4 is 5.91 Å². The van der Waals surface area contributed by atoms with Crippen molar-refractivity contribution in [2.24, 2.45) is 11.7 Å². The highest BCUT2D eigenvalue weighted by molar-refractivity contribution is 5.85. The minimum atomic E-state index is -0.519. The predicted octanol–water partition coefficient (Wildman–Crippen LogP) is 1.30. The maximum atomic E-state index is 12.0. The van der Waals surface area contributed by atoms with Crippen LogP contribution in [0.1, 0.15) is 39.5 Å². The summed E-state index contributed by atoms with van der Waals surface area (Å²) in [5.74, 6) is 0.115. The highest BCUT2D eigenvalue weighted by Gasteiger charge is 2.47. The fraction of sp³-hybridized carbons (Fsp3) is 0.714. The molecule has 2 unspecified atom stereocenters. The molecule has 1 fully saturated rings. The predicted molar refractivity (Wildman–Crippen MR) is 74.4 cm³/mol. The third-order valence-electron chi connectivity index (χ3n) is 4.10. The summed E-state index contributed by atoms with van der Waals surface area (Å²) >= 11 is 0. The number of hydrogen-bond acceptors (Lipinski definition) is 3. The Balaban J connectivity index is 2.06. The van der Waals surface area contributed by atoms with Gasteiger partial charge in [-0.2, -0.15) is 0 Å². The molecular formula is C14H24N4O. The third kappa shape index (κ3) is 2.97. The van der Waals surface area contributed by atoms with Crippen LogP contribution in [0, 0.1) is 5.92 Å². The molecule has 1 aromatic rings. The second-order valence-electron chi connectivity index (χ2n) is 5.81. The SMILES string of the molecule is CC(C)NC1(C(N)=O)CCCC1CCn1ccnc1. The van der Waals surface area contributed by atoms with Gasteiger partial charge in [0.25, 0.3) is 0 Å². The van der Waals surface area contributed by atoms with E-state index in [4.69, 9.17) is 5.73 Å². The number of nitrogens with zero attached hydrogens (tertiary/aromatic N) is 2. The zero-order valence-electron chi connectivity index (χ0n) is 11.8. The van der Waals surface area contributed by atoms with Crippen LogP contribution in [0.3, 0.4) is 0 Å². The van der Waals surface area contributed by atoms with Crippen molar-refractivity contribution in [3.63, 3.8) is 0 Å². The lowest BCUT2D eigenvalue weighted by molar-refractivity contribution is -0.126. The number of aromatic nitrogens is 2. The van der Waals surface area contributed by atoms with Gasteiger partial charge in [-0.15, -0.1) is 0 Å². The normalized spacial score (nSPS) is 27.0. The van der Waals surface area contributed by atoms with Crippen molar-refractivity contribution in [3.8, 4) is 0 Å². The average Bonchev–Trinajstić information content (AvgIpc) is 2.95. The number of primary amides is 1.